The van der Waals surface area contributed by atoms with Crippen LogP contribution in [0.2, 0.25) is 0 Å². The topological polar surface area (TPSA) is 76.7 Å². The molecule has 0 bridgehead atoms. The second-order valence-electron chi connectivity index (χ2n) is 3.93. The van der Waals surface area contributed by atoms with Crippen LogP contribution in [0, 0.1) is 5.82 Å². The number of likely N-dealkylation sites (N-methyl/N-ethyl adjacent to an activating group) is 1. The molecule has 0 spiro atoms. The zero-order chi connectivity index (χ0) is 15.0. The summed E-state index contributed by atoms with van der Waals surface area (Å²) in [6.07, 6.45) is 0. The first kappa shape index (κ1) is 16.8. The van der Waals surface area contributed by atoms with Crippen LogP contribution in [0.25, 0.3) is 0 Å². The van der Waals surface area contributed by atoms with Gasteiger partial charge in [-0.25, -0.2) is 17.5 Å². The molecule has 0 heterocycles. The van der Waals surface area contributed by atoms with Crippen molar-refractivity contribution < 1.29 is 22.3 Å². The summed E-state index contributed by atoms with van der Waals surface area (Å²) in [5, 5.41) is 2.81. The third-order valence-electron chi connectivity index (χ3n) is 2.41. The molecule has 2 N–H and O–H groups in total. The molecule has 0 atom stereocenters. The summed E-state index contributed by atoms with van der Waals surface area (Å²) in [5.41, 5.74) is 0. The van der Waals surface area contributed by atoms with Crippen molar-refractivity contribution in [3.63, 3.8) is 0 Å². The Morgan fingerprint density at radius 3 is 2.65 bits per heavy atom. The molecule has 1 aromatic rings. The van der Waals surface area contributed by atoms with Gasteiger partial charge in [0.05, 0.1) is 6.61 Å². The van der Waals surface area contributed by atoms with Crippen molar-refractivity contribution in [2.75, 3.05) is 40.5 Å². The van der Waals surface area contributed by atoms with Crippen LogP contribution >= 0.6 is 0 Å². The molecule has 1 aromatic carbocycles. The lowest BCUT2D eigenvalue weighted by molar-refractivity contribution is 0.144. The molecule has 0 aliphatic heterocycles. The molecule has 20 heavy (non-hydrogen) atoms. The van der Waals surface area contributed by atoms with E-state index >= 15 is 0 Å². The van der Waals surface area contributed by atoms with Crippen LogP contribution in [0.3, 0.4) is 0 Å². The van der Waals surface area contributed by atoms with Crippen molar-refractivity contribution in [1.82, 2.24) is 10.0 Å². The van der Waals surface area contributed by atoms with Gasteiger partial charge in [-0.15, -0.1) is 0 Å². The van der Waals surface area contributed by atoms with Crippen molar-refractivity contribution in [1.29, 1.82) is 0 Å². The van der Waals surface area contributed by atoms with E-state index in [2.05, 4.69) is 10.0 Å². The Bertz CT molecular complexity index is 522. The van der Waals surface area contributed by atoms with Gasteiger partial charge in [-0.05, 0) is 25.2 Å². The van der Waals surface area contributed by atoms with E-state index in [0.717, 1.165) is 12.1 Å². The Morgan fingerprint density at radius 1 is 1.25 bits per heavy atom. The molecule has 114 valence electrons. The van der Waals surface area contributed by atoms with Gasteiger partial charge in [0.1, 0.15) is 23.1 Å². The lowest BCUT2D eigenvalue weighted by Crippen LogP contribution is -2.31. The minimum Gasteiger partial charge on any atom is -0.490 e. The number of hydrogen-bond donors (Lipinski definition) is 2. The van der Waals surface area contributed by atoms with Gasteiger partial charge >= 0.3 is 0 Å². The maximum atomic E-state index is 13.3. The predicted octanol–water partition coefficient (Wildman–Crippen LogP) is 0.349. The van der Waals surface area contributed by atoms with E-state index in [0.29, 0.717) is 13.2 Å². The normalized spacial score (nSPS) is 11.6. The van der Waals surface area contributed by atoms with E-state index in [1.165, 1.54) is 13.2 Å². The molecule has 6 nitrogen and oxygen atoms in total. The summed E-state index contributed by atoms with van der Waals surface area (Å²) >= 11 is 0. The van der Waals surface area contributed by atoms with Crippen molar-refractivity contribution in [3.05, 3.63) is 24.0 Å². The van der Waals surface area contributed by atoms with Crippen LogP contribution in [0.15, 0.2) is 23.1 Å². The standard InChI is InChI=1S/C12H19FN2O4S/c1-14-5-6-15-20(16,17)12-9-10(13)3-4-11(12)19-8-7-18-2/h3-4,9,14-15H,5-8H2,1-2H3. The van der Waals surface area contributed by atoms with Gasteiger partial charge in [0.15, 0.2) is 0 Å². The first-order chi connectivity index (χ1) is 9.51. The highest BCUT2D eigenvalue weighted by atomic mass is 32.2. The first-order valence-corrected chi connectivity index (χ1v) is 7.55. The van der Waals surface area contributed by atoms with Crippen LogP contribution < -0.4 is 14.8 Å². The quantitative estimate of drug-likeness (QED) is 0.644. The first-order valence-electron chi connectivity index (χ1n) is 6.07. The molecule has 0 aliphatic carbocycles. The number of sulfonamides is 1. The molecule has 0 radical (unpaired) electrons. The highest BCUT2D eigenvalue weighted by Crippen LogP contribution is 2.24. The van der Waals surface area contributed by atoms with Gasteiger partial charge in [0.2, 0.25) is 10.0 Å². The van der Waals surface area contributed by atoms with Crippen LogP contribution in [-0.4, -0.2) is 48.9 Å². The highest BCUT2D eigenvalue weighted by Gasteiger charge is 2.20. The monoisotopic (exact) mass is 306 g/mol. The lowest BCUT2D eigenvalue weighted by atomic mass is 10.3. The molecule has 0 amide bonds. The average molecular weight is 306 g/mol. The molecule has 0 aliphatic rings. The predicted molar refractivity (Wildman–Crippen MR) is 72.9 cm³/mol. The molecule has 0 fully saturated rings. The summed E-state index contributed by atoms with van der Waals surface area (Å²) in [6, 6.07) is 3.37. The Labute approximate surface area is 118 Å². The van der Waals surface area contributed by atoms with E-state index in [-0.39, 0.29) is 23.8 Å². The third-order valence-corrected chi connectivity index (χ3v) is 3.89. The fraction of sp³-hybridized carbons (Fsp3) is 0.500. The number of rotatable bonds is 9. The molecule has 0 unspecified atom stereocenters. The molecular weight excluding hydrogens is 287 g/mol. The SMILES string of the molecule is CNCCNS(=O)(=O)c1cc(F)ccc1OCCOC. The molecular formula is C12H19FN2O4S. The number of nitrogens with one attached hydrogen (secondary N) is 2. The Balaban J connectivity index is 2.92. The smallest absolute Gasteiger partial charge is 0.244 e. The van der Waals surface area contributed by atoms with Gasteiger partial charge in [-0.2, -0.15) is 0 Å². The van der Waals surface area contributed by atoms with E-state index in [4.69, 9.17) is 9.47 Å². The van der Waals surface area contributed by atoms with Gasteiger partial charge in [0, 0.05) is 20.2 Å². The largest absolute Gasteiger partial charge is 0.490 e. The number of benzene rings is 1. The maximum Gasteiger partial charge on any atom is 0.244 e. The van der Waals surface area contributed by atoms with Crippen molar-refractivity contribution in [2.24, 2.45) is 0 Å². The fourth-order valence-electron chi connectivity index (χ4n) is 1.43. The second-order valence-corrected chi connectivity index (χ2v) is 5.67. The molecule has 0 aromatic heterocycles. The zero-order valence-corrected chi connectivity index (χ0v) is 12.3. The minimum atomic E-state index is -3.82. The number of halogens is 1. The van der Waals surface area contributed by atoms with E-state index in [1.807, 2.05) is 0 Å². The van der Waals surface area contributed by atoms with Gasteiger partial charge in [0.25, 0.3) is 0 Å². The van der Waals surface area contributed by atoms with Crippen LogP contribution in [0.5, 0.6) is 5.75 Å². The Morgan fingerprint density at radius 2 is 2.00 bits per heavy atom. The number of ether oxygens (including phenoxy) is 2. The summed E-state index contributed by atoms with van der Waals surface area (Å²) < 4.78 is 49.9. The highest BCUT2D eigenvalue weighted by molar-refractivity contribution is 7.89. The second kappa shape index (κ2) is 8.15. The molecule has 1 rings (SSSR count). The average Bonchev–Trinajstić information content (AvgIpc) is 2.41. The number of methoxy groups -OCH3 is 1. The van der Waals surface area contributed by atoms with Crippen molar-refractivity contribution >= 4 is 10.0 Å². The van der Waals surface area contributed by atoms with Gasteiger partial charge in [-0.3, -0.25) is 0 Å². The summed E-state index contributed by atoms with van der Waals surface area (Å²) in [6.45, 7) is 1.16. The van der Waals surface area contributed by atoms with Gasteiger partial charge < -0.3 is 14.8 Å². The molecule has 0 saturated heterocycles. The van der Waals surface area contributed by atoms with Gasteiger partial charge in [-0.1, -0.05) is 0 Å². The Kier molecular flexibility index (Phi) is 6.86. The van der Waals surface area contributed by atoms with Crippen LogP contribution in [-0.2, 0) is 14.8 Å². The van der Waals surface area contributed by atoms with Crippen molar-refractivity contribution in [3.8, 4) is 5.75 Å². The summed E-state index contributed by atoms with van der Waals surface area (Å²) in [5.74, 6) is -0.543. The lowest BCUT2D eigenvalue weighted by Gasteiger charge is -2.12. The molecule has 8 heteroatoms. The van der Waals surface area contributed by atoms with Crippen LogP contribution in [0.1, 0.15) is 0 Å². The summed E-state index contributed by atoms with van der Waals surface area (Å²) in [4.78, 5) is -0.218. The van der Waals surface area contributed by atoms with E-state index in [1.54, 1.807) is 7.05 Å². The fourth-order valence-corrected chi connectivity index (χ4v) is 2.62. The number of hydrogen-bond acceptors (Lipinski definition) is 5. The minimum absolute atomic E-state index is 0.0976. The van der Waals surface area contributed by atoms with Crippen molar-refractivity contribution in [2.45, 2.75) is 4.90 Å². The Hall–Kier alpha value is -1.22. The van der Waals surface area contributed by atoms with E-state index < -0.39 is 15.8 Å². The van der Waals surface area contributed by atoms with Crippen LogP contribution in [0.4, 0.5) is 4.39 Å². The maximum absolute atomic E-state index is 13.3. The van der Waals surface area contributed by atoms with E-state index in [9.17, 15) is 12.8 Å². The third kappa shape index (κ3) is 5.04. The zero-order valence-electron chi connectivity index (χ0n) is 11.5. The molecule has 0 saturated carbocycles. The summed E-state index contributed by atoms with van der Waals surface area (Å²) in [7, 11) is -0.610.